The quantitative estimate of drug-likeness (QED) is 0.728. The molecule has 0 radical (unpaired) electrons. The molecular formula is C15H19N5OS2. The normalized spacial score (nSPS) is 13.1. The summed E-state index contributed by atoms with van der Waals surface area (Å²) in [6, 6.07) is 0.289. The summed E-state index contributed by atoms with van der Waals surface area (Å²) in [7, 11) is 0. The maximum absolute atomic E-state index is 12.4. The van der Waals surface area contributed by atoms with Crippen LogP contribution in [0.2, 0.25) is 0 Å². The molecule has 0 bridgehead atoms. The molecule has 8 heteroatoms. The van der Waals surface area contributed by atoms with E-state index in [9.17, 15) is 4.79 Å². The van der Waals surface area contributed by atoms with Crippen LogP contribution in [0, 0.1) is 13.8 Å². The Morgan fingerprint density at radius 1 is 1.30 bits per heavy atom. The van der Waals surface area contributed by atoms with E-state index in [1.165, 1.54) is 0 Å². The summed E-state index contributed by atoms with van der Waals surface area (Å²) in [5.74, 6) is 0.673. The van der Waals surface area contributed by atoms with Crippen molar-refractivity contribution in [2.45, 2.75) is 51.1 Å². The van der Waals surface area contributed by atoms with Crippen LogP contribution in [-0.4, -0.2) is 24.7 Å². The van der Waals surface area contributed by atoms with E-state index in [2.05, 4.69) is 34.0 Å². The van der Waals surface area contributed by atoms with Gasteiger partial charge >= 0.3 is 0 Å². The molecule has 0 unspecified atom stereocenters. The minimum absolute atomic E-state index is 0.0171. The van der Waals surface area contributed by atoms with E-state index in [0.29, 0.717) is 11.2 Å². The molecule has 0 fully saturated rings. The molecular weight excluding hydrogens is 330 g/mol. The van der Waals surface area contributed by atoms with Crippen molar-refractivity contribution in [1.29, 1.82) is 0 Å². The van der Waals surface area contributed by atoms with Crippen molar-refractivity contribution in [3.8, 4) is 0 Å². The zero-order valence-electron chi connectivity index (χ0n) is 13.7. The zero-order chi connectivity index (χ0) is 16.7. The van der Waals surface area contributed by atoms with Crippen molar-refractivity contribution < 1.29 is 0 Å². The second-order valence-electron chi connectivity index (χ2n) is 5.79. The van der Waals surface area contributed by atoms with Crippen LogP contribution in [0.25, 0.3) is 10.2 Å². The number of hydrogen-bond donors (Lipinski definition) is 1. The number of aromatic amines is 1. The molecule has 6 nitrogen and oxygen atoms in total. The third kappa shape index (κ3) is 2.92. The summed E-state index contributed by atoms with van der Waals surface area (Å²) in [6.45, 7) is 10.2. The van der Waals surface area contributed by atoms with Crippen LogP contribution in [0.15, 0.2) is 16.3 Å². The molecule has 0 spiro atoms. The number of rotatable bonds is 4. The smallest absolute Gasteiger partial charge is 0.259 e. The molecule has 1 N–H and O–H groups in total. The van der Waals surface area contributed by atoms with Crippen molar-refractivity contribution in [3.05, 3.63) is 32.9 Å². The van der Waals surface area contributed by atoms with Gasteiger partial charge in [-0.05, 0) is 40.2 Å². The second-order valence-corrected chi connectivity index (χ2v) is 8.30. The van der Waals surface area contributed by atoms with Gasteiger partial charge in [0.25, 0.3) is 5.56 Å². The molecule has 3 heterocycles. The molecule has 122 valence electrons. The zero-order valence-corrected chi connectivity index (χ0v) is 15.4. The van der Waals surface area contributed by atoms with Crippen molar-refractivity contribution in [2.24, 2.45) is 0 Å². The number of H-pyrrole nitrogens is 1. The maximum atomic E-state index is 12.4. The van der Waals surface area contributed by atoms with Gasteiger partial charge in [-0.15, -0.1) is 21.5 Å². The van der Waals surface area contributed by atoms with E-state index < -0.39 is 0 Å². The minimum atomic E-state index is -0.0652. The summed E-state index contributed by atoms with van der Waals surface area (Å²) < 4.78 is 2.01. The lowest BCUT2D eigenvalue weighted by molar-refractivity contribution is 0.548. The lowest BCUT2D eigenvalue weighted by atomic mass is 10.2. The predicted molar refractivity (Wildman–Crippen MR) is 94.4 cm³/mol. The first kappa shape index (κ1) is 16.2. The highest BCUT2D eigenvalue weighted by Crippen LogP contribution is 2.34. The van der Waals surface area contributed by atoms with Crippen molar-refractivity contribution >= 4 is 33.3 Å². The second kappa shape index (κ2) is 6.09. The average molecular weight is 349 g/mol. The fraction of sp³-hybridized carbons (Fsp3) is 0.467. The Kier molecular flexibility index (Phi) is 4.29. The Balaban J connectivity index is 1.96. The molecule has 0 amide bonds. The molecule has 1 atom stereocenters. The molecule has 3 rings (SSSR count). The first-order valence-corrected chi connectivity index (χ1v) is 9.14. The molecule has 0 aliphatic carbocycles. The topological polar surface area (TPSA) is 76.5 Å². The SMILES string of the molecule is Cc1sc2nc([C@H](C)Sc3nncn3C(C)C)[nH]c(=O)c2c1C. The molecule has 3 aromatic heterocycles. The van der Waals surface area contributed by atoms with Crippen LogP contribution in [0.1, 0.15) is 48.3 Å². The fourth-order valence-electron chi connectivity index (χ4n) is 2.35. The van der Waals surface area contributed by atoms with Gasteiger partial charge in [-0.1, -0.05) is 11.8 Å². The van der Waals surface area contributed by atoms with E-state index in [-0.39, 0.29) is 16.9 Å². The summed E-state index contributed by atoms with van der Waals surface area (Å²) >= 11 is 3.11. The number of hydrogen-bond acceptors (Lipinski definition) is 6. The molecule has 23 heavy (non-hydrogen) atoms. The lowest BCUT2D eigenvalue weighted by Gasteiger charge is -2.13. The third-order valence-electron chi connectivity index (χ3n) is 3.82. The van der Waals surface area contributed by atoms with Crippen LogP contribution in [0.5, 0.6) is 0 Å². The van der Waals surface area contributed by atoms with Gasteiger partial charge in [-0.2, -0.15) is 0 Å². The van der Waals surface area contributed by atoms with Crippen LogP contribution < -0.4 is 5.56 Å². The van der Waals surface area contributed by atoms with E-state index in [1.807, 2.05) is 25.3 Å². The highest BCUT2D eigenvalue weighted by atomic mass is 32.2. The molecule has 0 saturated carbocycles. The van der Waals surface area contributed by atoms with Gasteiger partial charge in [0.05, 0.1) is 10.6 Å². The van der Waals surface area contributed by atoms with Crippen LogP contribution >= 0.6 is 23.1 Å². The number of nitrogens with one attached hydrogen (secondary N) is 1. The van der Waals surface area contributed by atoms with E-state index in [0.717, 1.165) is 20.4 Å². The Labute approximate surface area is 142 Å². The molecule has 0 aliphatic heterocycles. The summed E-state index contributed by atoms with van der Waals surface area (Å²) in [5, 5.41) is 9.66. The molecule has 0 aromatic carbocycles. The number of aryl methyl sites for hydroxylation is 2. The Morgan fingerprint density at radius 2 is 2.04 bits per heavy atom. The fourth-order valence-corrected chi connectivity index (χ4v) is 4.40. The van der Waals surface area contributed by atoms with Gasteiger partial charge < -0.3 is 9.55 Å². The van der Waals surface area contributed by atoms with E-state index >= 15 is 0 Å². The Bertz CT molecular complexity index is 908. The summed E-state index contributed by atoms with van der Waals surface area (Å²) in [5.41, 5.74) is 0.954. The Hall–Kier alpha value is -1.67. The van der Waals surface area contributed by atoms with Crippen LogP contribution in [0.4, 0.5) is 0 Å². The minimum Gasteiger partial charge on any atom is -0.309 e. The van der Waals surface area contributed by atoms with Gasteiger partial charge in [-0.3, -0.25) is 4.79 Å². The number of thiophene rings is 1. The van der Waals surface area contributed by atoms with Gasteiger partial charge in [0.2, 0.25) is 0 Å². The van der Waals surface area contributed by atoms with Crippen LogP contribution in [-0.2, 0) is 0 Å². The van der Waals surface area contributed by atoms with Crippen molar-refractivity contribution in [1.82, 2.24) is 24.7 Å². The standard InChI is InChI=1S/C15H19N5OS2/c1-7(2)20-6-16-19-15(20)23-10(5)12-17-13(21)11-8(3)9(4)22-14(11)18-12/h6-7,10H,1-5H3,(H,17,18,21)/t10-/m0/s1. The van der Waals surface area contributed by atoms with Gasteiger partial charge in [-0.25, -0.2) is 4.98 Å². The van der Waals surface area contributed by atoms with E-state index in [1.54, 1.807) is 29.4 Å². The maximum Gasteiger partial charge on any atom is 0.259 e. The highest BCUT2D eigenvalue weighted by molar-refractivity contribution is 7.99. The third-order valence-corrected chi connectivity index (χ3v) is 6.00. The van der Waals surface area contributed by atoms with Crippen molar-refractivity contribution in [2.75, 3.05) is 0 Å². The molecule has 3 aromatic rings. The predicted octanol–water partition coefficient (Wildman–Crippen LogP) is 3.63. The van der Waals surface area contributed by atoms with Gasteiger partial charge in [0, 0.05) is 10.9 Å². The molecule has 0 saturated heterocycles. The number of thioether (sulfide) groups is 1. The van der Waals surface area contributed by atoms with Gasteiger partial charge in [0.1, 0.15) is 17.0 Å². The average Bonchev–Trinajstić information content (AvgIpc) is 3.04. The molecule has 0 aliphatic rings. The first-order chi connectivity index (χ1) is 10.9. The first-order valence-electron chi connectivity index (χ1n) is 7.44. The van der Waals surface area contributed by atoms with E-state index in [4.69, 9.17) is 0 Å². The monoisotopic (exact) mass is 349 g/mol. The van der Waals surface area contributed by atoms with Crippen molar-refractivity contribution in [3.63, 3.8) is 0 Å². The summed E-state index contributed by atoms with van der Waals surface area (Å²) in [6.07, 6.45) is 1.73. The number of nitrogens with zero attached hydrogens (tertiary/aromatic N) is 4. The largest absolute Gasteiger partial charge is 0.309 e. The lowest BCUT2D eigenvalue weighted by Crippen LogP contribution is -2.13. The van der Waals surface area contributed by atoms with Gasteiger partial charge in [0.15, 0.2) is 5.16 Å². The summed E-state index contributed by atoms with van der Waals surface area (Å²) in [4.78, 5) is 21.9. The highest BCUT2D eigenvalue weighted by Gasteiger charge is 2.18. The number of fused-ring (bicyclic) bond motifs is 1. The number of aromatic nitrogens is 5. The Morgan fingerprint density at radius 3 is 2.74 bits per heavy atom. The van der Waals surface area contributed by atoms with Crippen LogP contribution in [0.3, 0.4) is 0 Å².